The summed E-state index contributed by atoms with van der Waals surface area (Å²) in [6.45, 7) is 5.65. The number of piperazine rings is 1. The van der Waals surface area contributed by atoms with Gasteiger partial charge in [0.15, 0.2) is 0 Å². The van der Waals surface area contributed by atoms with E-state index in [0.717, 1.165) is 24.6 Å². The van der Waals surface area contributed by atoms with Crippen molar-refractivity contribution in [1.29, 1.82) is 0 Å². The third-order valence-corrected chi connectivity index (χ3v) is 5.49. The molecule has 2 aliphatic rings. The van der Waals surface area contributed by atoms with Crippen LogP contribution in [0.5, 0.6) is 5.75 Å². The minimum atomic E-state index is -0.307. The summed E-state index contributed by atoms with van der Waals surface area (Å²) in [4.78, 5) is 35.9. The molecule has 2 fully saturated rings. The second kappa shape index (κ2) is 8.51. The number of carbonyl (C=O) groups is 2. The van der Waals surface area contributed by atoms with E-state index in [-0.39, 0.29) is 24.2 Å². The van der Waals surface area contributed by atoms with E-state index in [1.807, 2.05) is 54.3 Å². The summed E-state index contributed by atoms with van der Waals surface area (Å²) >= 11 is 0. The lowest BCUT2D eigenvalue weighted by molar-refractivity contribution is -0.136. The number of hydrogen-bond acceptors (Lipinski definition) is 5. The van der Waals surface area contributed by atoms with Crippen molar-refractivity contribution in [3.8, 4) is 5.75 Å². The van der Waals surface area contributed by atoms with Crippen LogP contribution in [0.15, 0.2) is 48.7 Å². The lowest BCUT2D eigenvalue weighted by Crippen LogP contribution is -2.51. The number of aromatic nitrogens is 1. The Bertz CT molecular complexity index is 865. The molecule has 1 aromatic heterocycles. The van der Waals surface area contributed by atoms with E-state index < -0.39 is 0 Å². The summed E-state index contributed by atoms with van der Waals surface area (Å²) in [6.07, 6.45) is 2.03. The molecule has 0 radical (unpaired) electrons. The first-order chi connectivity index (χ1) is 14.2. The Balaban J connectivity index is 1.39. The summed E-state index contributed by atoms with van der Waals surface area (Å²) in [5.74, 6) is 1.35. The smallest absolute Gasteiger partial charge is 0.228 e. The van der Waals surface area contributed by atoms with Crippen LogP contribution in [-0.2, 0) is 9.59 Å². The Morgan fingerprint density at radius 2 is 1.86 bits per heavy atom. The van der Waals surface area contributed by atoms with Gasteiger partial charge in [0.05, 0.1) is 18.2 Å². The van der Waals surface area contributed by atoms with Crippen LogP contribution < -0.4 is 14.5 Å². The molecule has 7 nitrogen and oxygen atoms in total. The van der Waals surface area contributed by atoms with Crippen molar-refractivity contribution in [1.82, 2.24) is 9.88 Å². The standard InChI is InChI=1S/C22H26N4O3/c1-2-29-19-8-4-3-7-18(19)26-16-17(15-21(26)27)22(28)25-13-11-24(12-14-25)20-9-5-6-10-23-20/h3-10,17H,2,11-16H2,1H3/t17-/m0/s1. The van der Waals surface area contributed by atoms with Gasteiger partial charge in [0.1, 0.15) is 11.6 Å². The molecule has 2 amide bonds. The lowest BCUT2D eigenvalue weighted by Gasteiger charge is -2.36. The van der Waals surface area contributed by atoms with Gasteiger partial charge in [-0.05, 0) is 31.2 Å². The zero-order chi connectivity index (χ0) is 20.2. The fraction of sp³-hybridized carbons (Fsp3) is 0.409. The van der Waals surface area contributed by atoms with Gasteiger partial charge in [-0.25, -0.2) is 4.98 Å². The van der Waals surface area contributed by atoms with E-state index in [4.69, 9.17) is 4.74 Å². The van der Waals surface area contributed by atoms with E-state index in [1.54, 1.807) is 11.1 Å². The average Bonchev–Trinajstić information content (AvgIpc) is 3.16. The molecule has 2 aliphatic heterocycles. The number of nitrogens with zero attached hydrogens (tertiary/aromatic N) is 4. The van der Waals surface area contributed by atoms with Gasteiger partial charge >= 0.3 is 0 Å². The molecule has 1 aromatic carbocycles. The largest absolute Gasteiger partial charge is 0.492 e. The second-order valence-electron chi connectivity index (χ2n) is 7.31. The number of hydrogen-bond donors (Lipinski definition) is 0. The van der Waals surface area contributed by atoms with Gasteiger partial charge < -0.3 is 19.4 Å². The highest BCUT2D eigenvalue weighted by Gasteiger charge is 2.38. The maximum absolute atomic E-state index is 13.1. The van der Waals surface area contributed by atoms with E-state index in [1.165, 1.54) is 0 Å². The molecule has 0 unspecified atom stereocenters. The number of rotatable bonds is 5. The van der Waals surface area contributed by atoms with E-state index in [0.29, 0.717) is 32.0 Å². The van der Waals surface area contributed by atoms with Crippen LogP contribution in [0.25, 0.3) is 0 Å². The highest BCUT2D eigenvalue weighted by atomic mass is 16.5. The zero-order valence-corrected chi connectivity index (χ0v) is 16.7. The van der Waals surface area contributed by atoms with Crippen molar-refractivity contribution in [2.24, 2.45) is 5.92 Å². The van der Waals surface area contributed by atoms with Gasteiger partial charge in [0.25, 0.3) is 0 Å². The maximum atomic E-state index is 13.1. The van der Waals surface area contributed by atoms with Gasteiger partial charge in [-0.1, -0.05) is 18.2 Å². The third kappa shape index (κ3) is 4.04. The molecule has 152 valence electrons. The Morgan fingerprint density at radius 1 is 1.10 bits per heavy atom. The number of anilines is 2. The highest BCUT2D eigenvalue weighted by molar-refractivity contribution is 6.01. The molecule has 0 bridgehead atoms. The van der Waals surface area contributed by atoms with Crippen LogP contribution >= 0.6 is 0 Å². The number of ether oxygens (including phenoxy) is 1. The van der Waals surface area contributed by atoms with Gasteiger partial charge in [-0.15, -0.1) is 0 Å². The van der Waals surface area contributed by atoms with Crippen LogP contribution in [-0.4, -0.2) is 61.0 Å². The van der Waals surface area contributed by atoms with E-state index >= 15 is 0 Å². The molecule has 4 rings (SSSR count). The molecule has 29 heavy (non-hydrogen) atoms. The highest BCUT2D eigenvalue weighted by Crippen LogP contribution is 2.33. The SMILES string of the molecule is CCOc1ccccc1N1C[C@@H](C(=O)N2CCN(c3ccccn3)CC2)CC1=O. The van der Waals surface area contributed by atoms with Gasteiger partial charge in [-0.2, -0.15) is 0 Å². The van der Waals surface area contributed by atoms with Crippen LogP contribution in [0.4, 0.5) is 11.5 Å². The average molecular weight is 394 g/mol. The van der Waals surface area contributed by atoms with Crippen LogP contribution in [0.3, 0.4) is 0 Å². The maximum Gasteiger partial charge on any atom is 0.228 e. The molecule has 0 spiro atoms. The molecule has 3 heterocycles. The van der Waals surface area contributed by atoms with Crippen molar-refractivity contribution in [3.05, 3.63) is 48.7 Å². The lowest BCUT2D eigenvalue weighted by atomic mass is 10.1. The first-order valence-corrected chi connectivity index (χ1v) is 10.1. The quantitative estimate of drug-likeness (QED) is 0.778. The normalized spacial score (nSPS) is 19.6. The molecule has 2 saturated heterocycles. The van der Waals surface area contributed by atoms with Crippen molar-refractivity contribution in [2.75, 3.05) is 49.1 Å². The number of benzene rings is 1. The molecule has 0 saturated carbocycles. The number of pyridine rings is 1. The zero-order valence-electron chi connectivity index (χ0n) is 16.7. The summed E-state index contributed by atoms with van der Waals surface area (Å²) in [5, 5.41) is 0. The van der Waals surface area contributed by atoms with Crippen LogP contribution in [0.1, 0.15) is 13.3 Å². The number of carbonyl (C=O) groups excluding carboxylic acids is 2. The summed E-state index contributed by atoms with van der Waals surface area (Å²) in [6, 6.07) is 13.4. The molecule has 1 atom stereocenters. The monoisotopic (exact) mass is 394 g/mol. The minimum Gasteiger partial charge on any atom is -0.492 e. The van der Waals surface area contributed by atoms with Crippen molar-refractivity contribution in [3.63, 3.8) is 0 Å². The fourth-order valence-electron chi connectivity index (χ4n) is 4.02. The van der Waals surface area contributed by atoms with Gasteiger partial charge in [-0.3, -0.25) is 9.59 Å². The third-order valence-electron chi connectivity index (χ3n) is 5.49. The molecule has 2 aromatic rings. The number of para-hydroxylation sites is 2. The predicted molar refractivity (Wildman–Crippen MR) is 111 cm³/mol. The topological polar surface area (TPSA) is 66.0 Å². The Kier molecular flexibility index (Phi) is 5.64. The molecule has 7 heteroatoms. The van der Waals surface area contributed by atoms with Gasteiger partial charge in [0.2, 0.25) is 11.8 Å². The molecular formula is C22H26N4O3. The van der Waals surface area contributed by atoms with Crippen LogP contribution in [0.2, 0.25) is 0 Å². The Hall–Kier alpha value is -3.09. The minimum absolute atomic E-state index is 0.0253. The first-order valence-electron chi connectivity index (χ1n) is 10.1. The second-order valence-corrected chi connectivity index (χ2v) is 7.31. The fourth-order valence-corrected chi connectivity index (χ4v) is 4.02. The van der Waals surface area contributed by atoms with Crippen molar-refractivity contribution in [2.45, 2.75) is 13.3 Å². The first kappa shape index (κ1) is 19.2. The Morgan fingerprint density at radius 3 is 2.59 bits per heavy atom. The molecule has 0 N–H and O–H groups in total. The predicted octanol–water partition coefficient (Wildman–Crippen LogP) is 2.18. The van der Waals surface area contributed by atoms with E-state index in [2.05, 4.69) is 9.88 Å². The summed E-state index contributed by atoms with van der Waals surface area (Å²) < 4.78 is 5.66. The molecular weight excluding hydrogens is 368 g/mol. The van der Waals surface area contributed by atoms with Crippen LogP contribution in [0, 0.1) is 5.92 Å². The number of amides is 2. The van der Waals surface area contributed by atoms with Crippen molar-refractivity contribution < 1.29 is 14.3 Å². The summed E-state index contributed by atoms with van der Waals surface area (Å²) in [5.41, 5.74) is 0.745. The van der Waals surface area contributed by atoms with E-state index in [9.17, 15) is 9.59 Å². The summed E-state index contributed by atoms with van der Waals surface area (Å²) in [7, 11) is 0. The van der Waals surface area contributed by atoms with Crippen molar-refractivity contribution >= 4 is 23.3 Å². The Labute approximate surface area is 170 Å². The van der Waals surface area contributed by atoms with Gasteiger partial charge in [0, 0.05) is 45.3 Å². The molecule has 0 aliphatic carbocycles.